The minimum absolute atomic E-state index is 0.361. The molecule has 104 valence electrons. The average molecular weight is 300 g/mol. The number of anilines is 1. The minimum Gasteiger partial charge on any atom is -0.380 e. The lowest BCUT2D eigenvalue weighted by atomic mass is 10.1. The number of fused-ring (bicyclic) bond motifs is 2. The summed E-state index contributed by atoms with van der Waals surface area (Å²) >= 11 is 6.32. The lowest BCUT2D eigenvalue weighted by Gasteiger charge is -2.04. The maximum Gasteiger partial charge on any atom is 0.178 e. The van der Waals surface area contributed by atoms with Gasteiger partial charge in [-0.3, -0.25) is 4.68 Å². The first-order valence-electron chi connectivity index (χ1n) is 6.27. The van der Waals surface area contributed by atoms with E-state index in [2.05, 4.69) is 15.2 Å². The molecule has 0 saturated heterocycles. The average Bonchev–Trinajstić information content (AvgIpc) is 3.04. The molecule has 3 heterocycles. The van der Waals surface area contributed by atoms with Crippen LogP contribution in [-0.2, 0) is 7.05 Å². The maximum atomic E-state index is 6.32. The molecule has 0 amide bonds. The smallest absolute Gasteiger partial charge is 0.178 e. The number of nitrogen functional groups attached to an aromatic ring is 1. The Balaban J connectivity index is 2.06. The quantitative estimate of drug-likeness (QED) is 0.584. The van der Waals surface area contributed by atoms with Gasteiger partial charge >= 0.3 is 0 Å². The summed E-state index contributed by atoms with van der Waals surface area (Å²) in [5.74, 6) is 0.361. The van der Waals surface area contributed by atoms with Crippen LogP contribution in [0.25, 0.3) is 33.3 Å². The van der Waals surface area contributed by atoms with Crippen molar-refractivity contribution in [2.24, 2.45) is 7.05 Å². The van der Waals surface area contributed by atoms with Gasteiger partial charge < -0.3 is 10.3 Å². The zero-order chi connectivity index (χ0) is 14.6. The summed E-state index contributed by atoms with van der Waals surface area (Å²) in [6.07, 6.45) is 1.70. The predicted molar refractivity (Wildman–Crippen MR) is 80.9 cm³/mol. The molecule has 0 saturated carbocycles. The lowest BCUT2D eigenvalue weighted by Crippen LogP contribution is -1.93. The number of aryl methyl sites for hydroxylation is 1. The number of nitrogens with two attached hydrogens (primary N) is 1. The first-order chi connectivity index (χ1) is 10.1. The molecular weight excluding hydrogens is 290 g/mol. The van der Waals surface area contributed by atoms with Crippen LogP contribution in [0, 0.1) is 0 Å². The Bertz CT molecular complexity index is 988. The maximum absolute atomic E-state index is 6.32. The van der Waals surface area contributed by atoms with E-state index in [0.717, 1.165) is 16.3 Å². The van der Waals surface area contributed by atoms with Crippen LogP contribution in [0.3, 0.4) is 0 Å². The second-order valence-corrected chi connectivity index (χ2v) is 5.15. The van der Waals surface area contributed by atoms with Crippen LogP contribution in [0.2, 0.25) is 5.02 Å². The summed E-state index contributed by atoms with van der Waals surface area (Å²) in [4.78, 5) is 4.61. The molecule has 7 heteroatoms. The highest BCUT2D eigenvalue weighted by Gasteiger charge is 2.15. The molecule has 0 atom stereocenters. The standard InChI is InChI=1S/C14H10ClN5O/c1-20-14-9(6-17-20)10(15)5-11(18-14)7-3-2-4-8-12(7)21-19-13(8)16/h2-6H,1H3,(H2,16,19). The molecule has 0 aliphatic rings. The summed E-state index contributed by atoms with van der Waals surface area (Å²) in [5, 5.41) is 10.1. The van der Waals surface area contributed by atoms with Gasteiger partial charge in [0.05, 0.1) is 27.7 Å². The van der Waals surface area contributed by atoms with Gasteiger partial charge in [-0.15, -0.1) is 0 Å². The van der Waals surface area contributed by atoms with Gasteiger partial charge in [0.1, 0.15) is 0 Å². The van der Waals surface area contributed by atoms with Crippen LogP contribution >= 0.6 is 11.6 Å². The number of rotatable bonds is 1. The third-order valence-electron chi connectivity index (χ3n) is 3.46. The molecule has 21 heavy (non-hydrogen) atoms. The van der Waals surface area contributed by atoms with Gasteiger partial charge in [0, 0.05) is 12.6 Å². The van der Waals surface area contributed by atoms with Crippen LogP contribution in [0.4, 0.5) is 5.82 Å². The van der Waals surface area contributed by atoms with E-state index in [0.29, 0.717) is 27.8 Å². The Kier molecular flexibility index (Phi) is 2.43. The van der Waals surface area contributed by atoms with Crippen molar-refractivity contribution in [1.29, 1.82) is 0 Å². The van der Waals surface area contributed by atoms with Crippen molar-refractivity contribution in [2.75, 3.05) is 5.73 Å². The van der Waals surface area contributed by atoms with Crippen molar-refractivity contribution in [3.8, 4) is 11.3 Å². The number of pyridine rings is 1. The summed E-state index contributed by atoms with van der Waals surface area (Å²) in [6, 6.07) is 7.43. The zero-order valence-electron chi connectivity index (χ0n) is 11.0. The second kappa shape index (κ2) is 4.20. The van der Waals surface area contributed by atoms with E-state index in [9.17, 15) is 0 Å². The molecule has 0 aliphatic carbocycles. The van der Waals surface area contributed by atoms with E-state index < -0.39 is 0 Å². The molecule has 0 radical (unpaired) electrons. The van der Waals surface area contributed by atoms with Crippen molar-refractivity contribution < 1.29 is 4.52 Å². The fourth-order valence-electron chi connectivity index (χ4n) is 2.40. The monoisotopic (exact) mass is 299 g/mol. The zero-order valence-corrected chi connectivity index (χ0v) is 11.8. The van der Waals surface area contributed by atoms with Gasteiger partial charge in [0.15, 0.2) is 17.0 Å². The Hall–Kier alpha value is -2.60. The molecule has 0 fully saturated rings. The Morgan fingerprint density at radius 2 is 2.14 bits per heavy atom. The van der Waals surface area contributed by atoms with Crippen LogP contribution in [0.5, 0.6) is 0 Å². The molecular formula is C14H10ClN5O. The van der Waals surface area contributed by atoms with Crippen molar-refractivity contribution in [3.05, 3.63) is 35.5 Å². The predicted octanol–water partition coefficient (Wildman–Crippen LogP) is 3.01. The van der Waals surface area contributed by atoms with Crippen molar-refractivity contribution in [2.45, 2.75) is 0 Å². The van der Waals surface area contributed by atoms with Crippen molar-refractivity contribution in [3.63, 3.8) is 0 Å². The number of hydrogen-bond acceptors (Lipinski definition) is 5. The summed E-state index contributed by atoms with van der Waals surface area (Å²) in [6.45, 7) is 0. The fraction of sp³-hybridized carbons (Fsp3) is 0.0714. The second-order valence-electron chi connectivity index (χ2n) is 4.74. The summed E-state index contributed by atoms with van der Waals surface area (Å²) in [7, 11) is 1.82. The van der Waals surface area contributed by atoms with Crippen LogP contribution in [0.1, 0.15) is 0 Å². The molecule has 4 rings (SSSR count). The SMILES string of the molecule is Cn1ncc2c(Cl)cc(-c3cccc4c(N)noc34)nc21. The van der Waals surface area contributed by atoms with Crippen LogP contribution in [0.15, 0.2) is 35.0 Å². The molecule has 0 unspecified atom stereocenters. The highest BCUT2D eigenvalue weighted by atomic mass is 35.5. The molecule has 0 aliphatic heterocycles. The van der Waals surface area contributed by atoms with E-state index in [1.807, 2.05) is 25.2 Å². The van der Waals surface area contributed by atoms with Gasteiger partial charge in [0.2, 0.25) is 0 Å². The minimum atomic E-state index is 0.361. The van der Waals surface area contributed by atoms with E-state index in [1.54, 1.807) is 16.9 Å². The van der Waals surface area contributed by atoms with Gasteiger partial charge in [0.25, 0.3) is 0 Å². The topological polar surface area (TPSA) is 82.8 Å². The largest absolute Gasteiger partial charge is 0.380 e. The van der Waals surface area contributed by atoms with Crippen LogP contribution in [-0.4, -0.2) is 19.9 Å². The lowest BCUT2D eigenvalue weighted by molar-refractivity contribution is 0.461. The Morgan fingerprint density at radius 1 is 1.29 bits per heavy atom. The molecule has 0 bridgehead atoms. The molecule has 2 N–H and O–H groups in total. The highest BCUT2D eigenvalue weighted by molar-refractivity contribution is 6.35. The number of benzene rings is 1. The van der Waals surface area contributed by atoms with Crippen LogP contribution < -0.4 is 5.73 Å². The van der Waals surface area contributed by atoms with Crippen molar-refractivity contribution in [1.82, 2.24) is 19.9 Å². The number of halogens is 1. The van der Waals surface area contributed by atoms with Gasteiger partial charge in [-0.2, -0.15) is 5.10 Å². The molecule has 6 nitrogen and oxygen atoms in total. The first-order valence-corrected chi connectivity index (χ1v) is 6.65. The fourth-order valence-corrected chi connectivity index (χ4v) is 2.63. The van der Waals surface area contributed by atoms with Gasteiger partial charge in [-0.1, -0.05) is 22.8 Å². The van der Waals surface area contributed by atoms with E-state index in [1.165, 1.54) is 0 Å². The summed E-state index contributed by atoms with van der Waals surface area (Å²) in [5.41, 5.74) is 8.58. The molecule has 4 aromatic rings. The highest BCUT2D eigenvalue weighted by Crippen LogP contribution is 2.33. The molecule has 1 aromatic carbocycles. The number of hydrogen-bond donors (Lipinski definition) is 1. The third kappa shape index (κ3) is 1.69. The number of nitrogens with zero attached hydrogens (tertiary/aromatic N) is 4. The summed E-state index contributed by atoms with van der Waals surface area (Å²) < 4.78 is 7.00. The van der Waals surface area contributed by atoms with E-state index in [-0.39, 0.29) is 0 Å². The number of para-hydroxylation sites is 1. The van der Waals surface area contributed by atoms with Gasteiger partial charge in [-0.05, 0) is 18.2 Å². The third-order valence-corrected chi connectivity index (χ3v) is 3.77. The normalized spacial score (nSPS) is 11.5. The molecule has 0 spiro atoms. The Morgan fingerprint density at radius 3 is 3.00 bits per heavy atom. The van der Waals surface area contributed by atoms with E-state index >= 15 is 0 Å². The Labute approximate surface area is 124 Å². The number of aromatic nitrogens is 4. The first kappa shape index (κ1) is 12.2. The molecule has 3 aromatic heterocycles. The van der Waals surface area contributed by atoms with Gasteiger partial charge in [-0.25, -0.2) is 4.98 Å². The van der Waals surface area contributed by atoms with E-state index in [4.69, 9.17) is 21.9 Å². The van der Waals surface area contributed by atoms with Crippen molar-refractivity contribution >= 4 is 39.4 Å².